The lowest BCUT2D eigenvalue weighted by molar-refractivity contribution is 0.216. The number of hydrogen-bond acceptors (Lipinski definition) is 1. The van der Waals surface area contributed by atoms with Crippen molar-refractivity contribution in [1.82, 2.24) is 5.32 Å². The van der Waals surface area contributed by atoms with E-state index in [9.17, 15) is 0 Å². The van der Waals surface area contributed by atoms with Crippen LogP contribution in [0.2, 0.25) is 10.0 Å². The van der Waals surface area contributed by atoms with Gasteiger partial charge in [-0.25, -0.2) is 0 Å². The molecular formula is C16H23Cl2N. The van der Waals surface area contributed by atoms with Gasteiger partial charge in [0.25, 0.3) is 0 Å². The molecule has 0 aliphatic heterocycles. The van der Waals surface area contributed by atoms with Crippen molar-refractivity contribution in [1.29, 1.82) is 0 Å². The molecule has 1 aromatic carbocycles. The maximum absolute atomic E-state index is 6.09. The first-order chi connectivity index (χ1) is 8.97. The second-order valence-corrected chi connectivity index (χ2v) is 6.88. The van der Waals surface area contributed by atoms with E-state index in [1.807, 2.05) is 12.1 Å². The van der Waals surface area contributed by atoms with Crippen LogP contribution in [0, 0.1) is 11.8 Å². The Kier molecular flexibility index (Phi) is 5.16. The van der Waals surface area contributed by atoms with Crippen molar-refractivity contribution in [2.75, 3.05) is 0 Å². The fourth-order valence-corrected chi connectivity index (χ4v) is 3.27. The van der Waals surface area contributed by atoms with Crippen LogP contribution in [0.3, 0.4) is 0 Å². The van der Waals surface area contributed by atoms with Gasteiger partial charge >= 0.3 is 0 Å². The molecule has 1 saturated carbocycles. The predicted octanol–water partition coefficient (Wildman–Crippen LogP) is 5.47. The Hall–Kier alpha value is -0.240. The minimum Gasteiger partial charge on any atom is -0.307 e. The molecule has 1 fully saturated rings. The lowest BCUT2D eigenvalue weighted by Gasteiger charge is -2.35. The quantitative estimate of drug-likeness (QED) is 0.780. The highest BCUT2D eigenvalue weighted by Crippen LogP contribution is 2.31. The smallest absolute Gasteiger partial charge is 0.0595 e. The highest BCUT2D eigenvalue weighted by molar-refractivity contribution is 6.42. The first kappa shape index (κ1) is 15.2. The van der Waals surface area contributed by atoms with Gasteiger partial charge in [0, 0.05) is 12.1 Å². The molecule has 106 valence electrons. The summed E-state index contributed by atoms with van der Waals surface area (Å²) >= 11 is 12.1. The minimum atomic E-state index is 0.313. The third-order valence-electron chi connectivity index (χ3n) is 4.37. The van der Waals surface area contributed by atoms with Gasteiger partial charge in [-0.05, 0) is 49.3 Å². The van der Waals surface area contributed by atoms with Crippen molar-refractivity contribution in [2.45, 2.75) is 52.1 Å². The fraction of sp³-hybridized carbons (Fsp3) is 0.625. The summed E-state index contributed by atoms with van der Waals surface area (Å²) in [6.45, 7) is 6.90. The van der Waals surface area contributed by atoms with Crippen molar-refractivity contribution in [3.05, 3.63) is 33.8 Å². The topological polar surface area (TPSA) is 12.0 Å². The van der Waals surface area contributed by atoms with Crippen LogP contribution < -0.4 is 5.32 Å². The molecule has 0 bridgehead atoms. The Bertz CT molecular complexity index is 433. The van der Waals surface area contributed by atoms with Crippen molar-refractivity contribution in [3.8, 4) is 0 Å². The van der Waals surface area contributed by atoms with E-state index in [0.29, 0.717) is 22.1 Å². The van der Waals surface area contributed by atoms with E-state index in [4.69, 9.17) is 23.2 Å². The normalized spacial score (nSPS) is 29.2. The third-order valence-corrected chi connectivity index (χ3v) is 5.10. The Morgan fingerprint density at radius 1 is 1.16 bits per heavy atom. The SMILES string of the molecule is CC1CCC(C)C(NC(C)c2ccc(Cl)c(Cl)c2)C1. The molecule has 0 aromatic heterocycles. The Morgan fingerprint density at radius 2 is 1.89 bits per heavy atom. The summed E-state index contributed by atoms with van der Waals surface area (Å²) in [4.78, 5) is 0. The highest BCUT2D eigenvalue weighted by atomic mass is 35.5. The van der Waals surface area contributed by atoms with Crippen LogP contribution in [0.4, 0.5) is 0 Å². The number of nitrogens with one attached hydrogen (secondary N) is 1. The standard InChI is InChI=1S/C16H23Cl2N/c1-10-4-5-11(2)16(8-10)19-12(3)13-6-7-14(17)15(18)9-13/h6-7,9-12,16,19H,4-5,8H2,1-3H3. The summed E-state index contributed by atoms with van der Waals surface area (Å²) in [6, 6.07) is 6.83. The molecule has 0 radical (unpaired) electrons. The van der Waals surface area contributed by atoms with E-state index in [0.717, 1.165) is 11.8 Å². The van der Waals surface area contributed by atoms with Gasteiger partial charge in [0.1, 0.15) is 0 Å². The van der Waals surface area contributed by atoms with Crippen LogP contribution in [0.1, 0.15) is 51.6 Å². The van der Waals surface area contributed by atoms with E-state index in [-0.39, 0.29) is 0 Å². The van der Waals surface area contributed by atoms with Crippen LogP contribution in [0.15, 0.2) is 18.2 Å². The van der Waals surface area contributed by atoms with Crippen molar-refractivity contribution in [3.63, 3.8) is 0 Å². The monoisotopic (exact) mass is 299 g/mol. The molecule has 0 amide bonds. The second kappa shape index (κ2) is 6.47. The molecule has 0 heterocycles. The van der Waals surface area contributed by atoms with Crippen LogP contribution in [-0.2, 0) is 0 Å². The molecule has 1 N–H and O–H groups in total. The summed E-state index contributed by atoms with van der Waals surface area (Å²) in [7, 11) is 0. The lowest BCUT2D eigenvalue weighted by atomic mass is 9.79. The Labute approximate surface area is 126 Å². The van der Waals surface area contributed by atoms with Gasteiger partial charge in [0.2, 0.25) is 0 Å². The van der Waals surface area contributed by atoms with E-state index < -0.39 is 0 Å². The van der Waals surface area contributed by atoms with Gasteiger partial charge in [-0.15, -0.1) is 0 Å². The number of hydrogen-bond donors (Lipinski definition) is 1. The summed E-state index contributed by atoms with van der Waals surface area (Å²) in [5.41, 5.74) is 1.21. The van der Waals surface area contributed by atoms with Gasteiger partial charge in [-0.3, -0.25) is 0 Å². The molecular weight excluding hydrogens is 277 g/mol. The van der Waals surface area contributed by atoms with Crippen molar-refractivity contribution >= 4 is 23.2 Å². The molecule has 1 nitrogen and oxygen atoms in total. The van der Waals surface area contributed by atoms with Gasteiger partial charge in [-0.1, -0.05) is 49.5 Å². The molecule has 3 heteroatoms. The first-order valence-electron chi connectivity index (χ1n) is 7.18. The first-order valence-corrected chi connectivity index (χ1v) is 7.94. The van der Waals surface area contributed by atoms with Gasteiger partial charge < -0.3 is 5.32 Å². The Balaban J connectivity index is 2.03. The summed E-state index contributed by atoms with van der Waals surface area (Å²) < 4.78 is 0. The van der Waals surface area contributed by atoms with E-state index in [1.54, 1.807) is 0 Å². The maximum Gasteiger partial charge on any atom is 0.0595 e. The zero-order valence-electron chi connectivity index (χ0n) is 11.9. The molecule has 1 aliphatic carbocycles. The summed E-state index contributed by atoms with van der Waals surface area (Å²) in [6.07, 6.45) is 3.96. The molecule has 19 heavy (non-hydrogen) atoms. The minimum absolute atomic E-state index is 0.313. The number of benzene rings is 1. The Morgan fingerprint density at radius 3 is 2.58 bits per heavy atom. The highest BCUT2D eigenvalue weighted by Gasteiger charge is 2.26. The van der Waals surface area contributed by atoms with Crippen LogP contribution in [-0.4, -0.2) is 6.04 Å². The van der Waals surface area contributed by atoms with E-state index in [1.165, 1.54) is 24.8 Å². The zero-order chi connectivity index (χ0) is 14.0. The fourth-order valence-electron chi connectivity index (χ4n) is 2.96. The second-order valence-electron chi connectivity index (χ2n) is 6.06. The van der Waals surface area contributed by atoms with Crippen LogP contribution in [0.5, 0.6) is 0 Å². The van der Waals surface area contributed by atoms with Crippen LogP contribution in [0.25, 0.3) is 0 Å². The van der Waals surface area contributed by atoms with Crippen molar-refractivity contribution in [2.24, 2.45) is 11.8 Å². The molecule has 4 atom stereocenters. The number of halogens is 2. The molecule has 0 spiro atoms. The van der Waals surface area contributed by atoms with Crippen LogP contribution >= 0.6 is 23.2 Å². The molecule has 0 saturated heterocycles. The summed E-state index contributed by atoms with van der Waals surface area (Å²) in [5.74, 6) is 1.58. The number of rotatable bonds is 3. The molecule has 2 rings (SSSR count). The van der Waals surface area contributed by atoms with Gasteiger partial charge in [0.15, 0.2) is 0 Å². The molecule has 4 unspecified atom stereocenters. The molecule has 1 aromatic rings. The lowest BCUT2D eigenvalue weighted by Crippen LogP contribution is -2.40. The largest absolute Gasteiger partial charge is 0.307 e. The average molecular weight is 300 g/mol. The third kappa shape index (κ3) is 3.87. The van der Waals surface area contributed by atoms with Gasteiger partial charge in [-0.2, -0.15) is 0 Å². The van der Waals surface area contributed by atoms with Crippen molar-refractivity contribution < 1.29 is 0 Å². The maximum atomic E-state index is 6.09. The zero-order valence-corrected chi connectivity index (χ0v) is 13.4. The van der Waals surface area contributed by atoms with E-state index >= 15 is 0 Å². The summed E-state index contributed by atoms with van der Waals surface area (Å²) in [5, 5.41) is 5.02. The van der Waals surface area contributed by atoms with E-state index in [2.05, 4.69) is 32.2 Å². The van der Waals surface area contributed by atoms with Gasteiger partial charge in [0.05, 0.1) is 10.0 Å². The molecule has 1 aliphatic rings. The predicted molar refractivity (Wildman–Crippen MR) is 84.0 cm³/mol. The average Bonchev–Trinajstić information content (AvgIpc) is 2.37.